The van der Waals surface area contributed by atoms with Gasteiger partial charge in [0.25, 0.3) is 0 Å². The third-order valence-corrected chi connectivity index (χ3v) is 3.56. The van der Waals surface area contributed by atoms with Crippen molar-refractivity contribution in [3.8, 4) is 0 Å². The van der Waals surface area contributed by atoms with Gasteiger partial charge in [0.2, 0.25) is 15.9 Å². The summed E-state index contributed by atoms with van der Waals surface area (Å²) in [5.41, 5.74) is 0.164. The molecular weight excluding hydrogens is 264 g/mol. The van der Waals surface area contributed by atoms with E-state index in [0.29, 0.717) is 0 Å². The van der Waals surface area contributed by atoms with Crippen LogP contribution in [0, 0.1) is 5.92 Å². The van der Waals surface area contributed by atoms with E-state index >= 15 is 0 Å². The molecule has 0 heterocycles. The Balaban J connectivity index is 3.04. The number of hydrogen-bond donors (Lipinski definition) is 2. The lowest BCUT2D eigenvalue weighted by atomic mass is 10.2. The van der Waals surface area contributed by atoms with Gasteiger partial charge < -0.3 is 5.32 Å². The summed E-state index contributed by atoms with van der Waals surface area (Å²) < 4.78 is 22.6. The number of anilines is 1. The van der Waals surface area contributed by atoms with Gasteiger partial charge in [-0.25, -0.2) is 13.6 Å². The number of alkyl halides is 1. The minimum Gasteiger partial charge on any atom is -0.325 e. The monoisotopic (exact) mass is 276 g/mol. The number of primary sulfonamides is 1. The number of rotatable bonds is 4. The molecule has 3 N–H and O–H groups in total. The molecule has 7 heteroatoms. The Morgan fingerprint density at radius 2 is 2.06 bits per heavy atom. The van der Waals surface area contributed by atoms with Gasteiger partial charge in [-0.15, -0.1) is 11.6 Å². The maximum Gasteiger partial charge on any atom is 0.240 e. The Morgan fingerprint density at radius 3 is 2.59 bits per heavy atom. The molecule has 0 aliphatic heterocycles. The van der Waals surface area contributed by atoms with Gasteiger partial charge in [0.1, 0.15) is 4.90 Å². The zero-order valence-corrected chi connectivity index (χ0v) is 10.8. The van der Waals surface area contributed by atoms with Crippen LogP contribution in [0.5, 0.6) is 0 Å². The van der Waals surface area contributed by atoms with Crippen LogP contribution in [0.2, 0.25) is 0 Å². The number of carbonyl (C=O) groups excluding carboxylic acids is 1. The molecule has 1 rings (SSSR count). The zero-order chi connectivity index (χ0) is 13.1. The molecule has 0 aromatic heterocycles. The molecule has 0 saturated carbocycles. The van der Waals surface area contributed by atoms with E-state index in [1.165, 1.54) is 18.2 Å². The van der Waals surface area contributed by atoms with E-state index in [4.69, 9.17) is 16.7 Å². The smallest absolute Gasteiger partial charge is 0.240 e. The molecule has 1 aromatic rings. The predicted molar refractivity (Wildman–Crippen MR) is 66.3 cm³/mol. The van der Waals surface area contributed by atoms with E-state index in [1.807, 2.05) is 0 Å². The number of para-hydroxylation sites is 1. The standard InChI is InChI=1S/C10H13ClN2O3S/c1-7(6-11)10(14)13-8-4-2-3-5-9(8)17(12,15)16/h2-5,7H,6H2,1H3,(H,13,14)(H2,12,15,16). The fourth-order valence-corrected chi connectivity index (χ4v) is 1.98. The van der Waals surface area contributed by atoms with Gasteiger partial charge in [-0.3, -0.25) is 4.79 Å². The van der Waals surface area contributed by atoms with Crippen LogP contribution in [0.4, 0.5) is 5.69 Å². The first-order valence-electron chi connectivity index (χ1n) is 4.85. The predicted octanol–water partition coefficient (Wildman–Crippen LogP) is 1.15. The number of hydrogen-bond acceptors (Lipinski definition) is 3. The molecule has 94 valence electrons. The van der Waals surface area contributed by atoms with Crippen LogP contribution in [0.25, 0.3) is 0 Å². The van der Waals surface area contributed by atoms with Crippen LogP contribution in [-0.4, -0.2) is 20.2 Å². The van der Waals surface area contributed by atoms with E-state index in [2.05, 4.69) is 5.32 Å². The lowest BCUT2D eigenvalue weighted by Gasteiger charge is -2.11. The van der Waals surface area contributed by atoms with Crippen molar-refractivity contribution in [2.75, 3.05) is 11.2 Å². The summed E-state index contributed by atoms with van der Waals surface area (Å²) in [5, 5.41) is 7.52. The second-order valence-corrected chi connectivity index (χ2v) is 5.42. The first kappa shape index (κ1) is 14.0. The highest BCUT2D eigenvalue weighted by Gasteiger charge is 2.17. The van der Waals surface area contributed by atoms with E-state index in [-0.39, 0.29) is 22.4 Å². The summed E-state index contributed by atoms with van der Waals surface area (Å²) in [4.78, 5) is 11.5. The highest BCUT2D eigenvalue weighted by atomic mass is 35.5. The van der Waals surface area contributed by atoms with Crippen LogP contribution in [0.1, 0.15) is 6.92 Å². The lowest BCUT2D eigenvalue weighted by molar-refractivity contribution is -0.118. The molecule has 0 fully saturated rings. The second-order valence-electron chi connectivity index (χ2n) is 3.59. The summed E-state index contributed by atoms with van der Waals surface area (Å²) in [5.74, 6) is -0.607. The van der Waals surface area contributed by atoms with Gasteiger partial charge in [0, 0.05) is 11.8 Å². The molecule has 17 heavy (non-hydrogen) atoms. The first-order chi connectivity index (χ1) is 7.86. The van der Waals surface area contributed by atoms with Crippen molar-refractivity contribution in [1.82, 2.24) is 0 Å². The largest absolute Gasteiger partial charge is 0.325 e. The van der Waals surface area contributed by atoms with Crippen LogP contribution < -0.4 is 10.5 Å². The van der Waals surface area contributed by atoms with E-state index in [0.717, 1.165) is 0 Å². The summed E-state index contributed by atoms with van der Waals surface area (Å²) in [6.07, 6.45) is 0. The fourth-order valence-electron chi connectivity index (χ4n) is 1.14. The molecular formula is C10H13ClN2O3S. The van der Waals surface area contributed by atoms with Crippen molar-refractivity contribution in [3.05, 3.63) is 24.3 Å². The Hall–Kier alpha value is -1.11. The number of benzene rings is 1. The minimum atomic E-state index is -3.86. The number of sulfonamides is 1. The van der Waals surface area contributed by atoms with Crippen molar-refractivity contribution in [2.45, 2.75) is 11.8 Å². The number of nitrogens with one attached hydrogen (secondary N) is 1. The molecule has 0 bridgehead atoms. The molecule has 1 atom stereocenters. The molecule has 0 radical (unpaired) electrons. The third-order valence-electron chi connectivity index (χ3n) is 2.13. The Kier molecular flexibility index (Phi) is 4.50. The van der Waals surface area contributed by atoms with E-state index in [1.54, 1.807) is 13.0 Å². The van der Waals surface area contributed by atoms with Crippen molar-refractivity contribution in [1.29, 1.82) is 0 Å². The van der Waals surface area contributed by atoms with Crippen LogP contribution in [0.3, 0.4) is 0 Å². The molecule has 0 aliphatic rings. The number of halogens is 1. The Labute approximate surface area is 105 Å². The molecule has 0 aliphatic carbocycles. The number of amides is 1. The van der Waals surface area contributed by atoms with Crippen molar-refractivity contribution < 1.29 is 13.2 Å². The van der Waals surface area contributed by atoms with E-state index in [9.17, 15) is 13.2 Å². The average Bonchev–Trinajstić information content (AvgIpc) is 2.27. The van der Waals surface area contributed by atoms with Gasteiger partial charge >= 0.3 is 0 Å². The number of nitrogens with two attached hydrogens (primary N) is 1. The fraction of sp³-hybridized carbons (Fsp3) is 0.300. The van der Waals surface area contributed by atoms with Gasteiger partial charge in [0.05, 0.1) is 5.69 Å². The Morgan fingerprint density at radius 1 is 1.47 bits per heavy atom. The van der Waals surface area contributed by atoms with Gasteiger partial charge in [-0.1, -0.05) is 19.1 Å². The summed E-state index contributed by atoms with van der Waals surface area (Å²) in [7, 11) is -3.86. The van der Waals surface area contributed by atoms with Crippen molar-refractivity contribution >= 4 is 33.2 Å². The maximum absolute atomic E-state index is 11.6. The second kappa shape index (κ2) is 5.48. The van der Waals surface area contributed by atoms with Crippen molar-refractivity contribution in [2.24, 2.45) is 11.1 Å². The maximum atomic E-state index is 11.6. The Bertz CT molecular complexity index is 516. The van der Waals surface area contributed by atoms with Crippen molar-refractivity contribution in [3.63, 3.8) is 0 Å². The zero-order valence-electron chi connectivity index (χ0n) is 9.18. The molecule has 1 amide bonds. The number of carbonyl (C=O) groups is 1. The molecule has 0 spiro atoms. The molecule has 0 saturated heterocycles. The highest BCUT2D eigenvalue weighted by Crippen LogP contribution is 2.20. The minimum absolute atomic E-state index is 0.116. The topological polar surface area (TPSA) is 89.3 Å². The highest BCUT2D eigenvalue weighted by molar-refractivity contribution is 7.89. The van der Waals surface area contributed by atoms with Crippen LogP contribution in [-0.2, 0) is 14.8 Å². The molecule has 1 unspecified atom stereocenters. The lowest BCUT2D eigenvalue weighted by Crippen LogP contribution is -2.23. The third kappa shape index (κ3) is 3.69. The SMILES string of the molecule is CC(CCl)C(=O)Nc1ccccc1S(N)(=O)=O. The molecule has 5 nitrogen and oxygen atoms in total. The van der Waals surface area contributed by atoms with E-state index < -0.39 is 15.9 Å². The normalized spacial score (nSPS) is 13.1. The summed E-state index contributed by atoms with van der Waals surface area (Å²) in [6, 6.07) is 5.94. The quantitative estimate of drug-likeness (QED) is 0.809. The van der Waals surface area contributed by atoms with Crippen LogP contribution in [0.15, 0.2) is 29.2 Å². The average molecular weight is 277 g/mol. The van der Waals surface area contributed by atoms with Crippen LogP contribution >= 0.6 is 11.6 Å². The van der Waals surface area contributed by atoms with Gasteiger partial charge in [-0.05, 0) is 12.1 Å². The first-order valence-corrected chi connectivity index (χ1v) is 6.93. The summed E-state index contributed by atoms with van der Waals surface area (Å²) in [6.45, 7) is 1.64. The molecule has 1 aromatic carbocycles. The van der Waals surface area contributed by atoms with Gasteiger partial charge in [0.15, 0.2) is 0 Å². The van der Waals surface area contributed by atoms with Gasteiger partial charge in [-0.2, -0.15) is 0 Å². The summed E-state index contributed by atoms with van der Waals surface area (Å²) >= 11 is 5.54.